The molecular formula is C22H28O7. The van der Waals surface area contributed by atoms with Crippen LogP contribution in [-0.4, -0.2) is 52.5 Å². The largest absolute Gasteiger partial charge is 0.508 e. The molecule has 1 rings (SSSR count). The van der Waals surface area contributed by atoms with Gasteiger partial charge in [-0.15, -0.1) is 0 Å². The average Bonchev–Trinajstić information content (AvgIpc) is 2.71. The van der Waals surface area contributed by atoms with Gasteiger partial charge in [-0.05, 0) is 62.5 Å². The molecule has 7 heteroatoms. The van der Waals surface area contributed by atoms with Gasteiger partial charge in [0.25, 0.3) is 0 Å². The lowest BCUT2D eigenvalue weighted by molar-refractivity contribution is -0.136. The number of aromatic hydroxyl groups is 2. The number of carbonyl (C=O) groups excluding carboxylic acids is 2. The number of aliphatic hydroxyl groups is 2. The monoisotopic (exact) mass is 404 g/mol. The minimum atomic E-state index is -0.637. The number of ketones is 1. The van der Waals surface area contributed by atoms with Gasteiger partial charge in [-0.1, -0.05) is 17.7 Å². The summed E-state index contributed by atoms with van der Waals surface area (Å²) in [5, 5.41) is 37.3. The van der Waals surface area contributed by atoms with Crippen LogP contribution in [0.4, 0.5) is 0 Å². The Morgan fingerprint density at radius 3 is 2.31 bits per heavy atom. The van der Waals surface area contributed by atoms with Gasteiger partial charge in [0.1, 0.15) is 11.5 Å². The smallest absolute Gasteiger partial charge is 0.333 e. The van der Waals surface area contributed by atoms with Crippen LogP contribution in [0.1, 0.15) is 43.0 Å². The number of aliphatic hydroxyl groups excluding tert-OH is 2. The van der Waals surface area contributed by atoms with Gasteiger partial charge in [0.15, 0.2) is 5.78 Å². The summed E-state index contributed by atoms with van der Waals surface area (Å²) in [4.78, 5) is 24.4. The zero-order chi connectivity index (χ0) is 21.8. The van der Waals surface area contributed by atoms with Gasteiger partial charge >= 0.3 is 5.97 Å². The summed E-state index contributed by atoms with van der Waals surface area (Å²) in [6.07, 6.45) is 7.02. The van der Waals surface area contributed by atoms with Gasteiger partial charge in [0.05, 0.1) is 25.9 Å². The molecule has 4 N–H and O–H groups in total. The molecule has 0 spiro atoms. The third kappa shape index (κ3) is 8.33. The van der Waals surface area contributed by atoms with Gasteiger partial charge in [0, 0.05) is 5.57 Å². The number of hydrogen-bond acceptors (Lipinski definition) is 7. The highest BCUT2D eigenvalue weighted by atomic mass is 16.5. The predicted molar refractivity (Wildman–Crippen MR) is 109 cm³/mol. The number of ether oxygens (including phenoxy) is 1. The highest BCUT2D eigenvalue weighted by Crippen LogP contribution is 2.24. The van der Waals surface area contributed by atoms with Crippen LogP contribution in [0.3, 0.4) is 0 Å². The Kier molecular flexibility index (Phi) is 10.4. The van der Waals surface area contributed by atoms with E-state index < -0.39 is 11.8 Å². The van der Waals surface area contributed by atoms with Crippen LogP contribution >= 0.6 is 0 Å². The lowest BCUT2D eigenvalue weighted by atomic mass is 10.0. The summed E-state index contributed by atoms with van der Waals surface area (Å²) in [6, 6.07) is 3.59. The SMILES string of the molecule is COC(=O)C(=CC(=O)c1cc(O)ccc1O)CCC=C(C)CCC=C(CO)CO. The Morgan fingerprint density at radius 1 is 1.03 bits per heavy atom. The second-order valence-corrected chi connectivity index (χ2v) is 6.53. The van der Waals surface area contributed by atoms with Crippen LogP contribution in [0.2, 0.25) is 0 Å². The first kappa shape index (κ1) is 24.1. The van der Waals surface area contributed by atoms with E-state index in [4.69, 9.17) is 14.9 Å². The molecule has 0 aromatic heterocycles. The second-order valence-electron chi connectivity index (χ2n) is 6.53. The van der Waals surface area contributed by atoms with Crippen molar-refractivity contribution >= 4 is 11.8 Å². The van der Waals surface area contributed by atoms with E-state index >= 15 is 0 Å². The van der Waals surface area contributed by atoms with Crippen LogP contribution in [-0.2, 0) is 9.53 Å². The summed E-state index contributed by atoms with van der Waals surface area (Å²) in [5.74, 6) is -1.70. The van der Waals surface area contributed by atoms with Gasteiger partial charge in [-0.25, -0.2) is 4.79 Å². The number of esters is 1. The number of allylic oxidation sites excluding steroid dienone is 4. The fourth-order valence-electron chi connectivity index (χ4n) is 2.58. The molecular weight excluding hydrogens is 376 g/mol. The Balaban J connectivity index is 2.80. The van der Waals surface area contributed by atoms with Crippen molar-refractivity contribution in [3.8, 4) is 11.5 Å². The fraction of sp³-hybridized carbons (Fsp3) is 0.364. The summed E-state index contributed by atoms with van der Waals surface area (Å²) in [5.41, 5.74) is 1.69. The van der Waals surface area contributed by atoms with Crippen molar-refractivity contribution in [2.45, 2.75) is 32.6 Å². The molecule has 29 heavy (non-hydrogen) atoms. The van der Waals surface area contributed by atoms with Crippen LogP contribution in [0.15, 0.2) is 53.1 Å². The van der Waals surface area contributed by atoms with Crippen molar-refractivity contribution in [3.63, 3.8) is 0 Å². The quantitative estimate of drug-likeness (QED) is 0.147. The minimum Gasteiger partial charge on any atom is -0.508 e. The van der Waals surface area contributed by atoms with Crippen molar-refractivity contribution in [2.75, 3.05) is 20.3 Å². The van der Waals surface area contributed by atoms with Crippen LogP contribution in [0.25, 0.3) is 0 Å². The zero-order valence-corrected chi connectivity index (χ0v) is 16.7. The predicted octanol–water partition coefficient (Wildman–Crippen LogP) is 2.80. The Morgan fingerprint density at radius 2 is 1.69 bits per heavy atom. The van der Waals surface area contributed by atoms with E-state index in [1.165, 1.54) is 19.2 Å². The summed E-state index contributed by atoms with van der Waals surface area (Å²) in [7, 11) is 1.22. The zero-order valence-electron chi connectivity index (χ0n) is 16.7. The highest BCUT2D eigenvalue weighted by Gasteiger charge is 2.15. The summed E-state index contributed by atoms with van der Waals surface area (Å²) >= 11 is 0. The Bertz CT molecular complexity index is 797. The standard InChI is InChI=1S/C22H28O7/c1-15(5-3-7-16(13-23)14-24)6-4-8-17(22(28)29-2)11-21(27)19-12-18(25)9-10-20(19)26/h6-7,9-12,23-26H,3-5,8,13-14H2,1-2H3. The molecule has 1 aromatic carbocycles. The van der Waals surface area contributed by atoms with Crippen LogP contribution in [0, 0.1) is 0 Å². The van der Waals surface area contributed by atoms with E-state index in [2.05, 4.69) is 0 Å². The third-order valence-corrected chi connectivity index (χ3v) is 4.28. The third-order valence-electron chi connectivity index (χ3n) is 4.28. The van der Waals surface area contributed by atoms with Gasteiger partial charge < -0.3 is 25.2 Å². The number of phenolic OH excluding ortho intramolecular Hbond substituents is 2. The van der Waals surface area contributed by atoms with Crippen LogP contribution in [0.5, 0.6) is 11.5 Å². The van der Waals surface area contributed by atoms with Gasteiger partial charge in [-0.2, -0.15) is 0 Å². The van der Waals surface area contributed by atoms with E-state index in [9.17, 15) is 19.8 Å². The molecule has 0 atom stereocenters. The summed E-state index contributed by atoms with van der Waals surface area (Å²) < 4.78 is 4.73. The topological polar surface area (TPSA) is 124 Å². The normalized spacial score (nSPS) is 11.9. The van der Waals surface area contributed by atoms with E-state index in [0.717, 1.165) is 24.1 Å². The van der Waals surface area contributed by atoms with Crippen molar-refractivity contribution < 1.29 is 34.8 Å². The summed E-state index contributed by atoms with van der Waals surface area (Å²) in [6.45, 7) is 1.59. The number of hydrogen-bond donors (Lipinski definition) is 4. The molecule has 0 aliphatic rings. The highest BCUT2D eigenvalue weighted by molar-refractivity contribution is 6.10. The first-order valence-electron chi connectivity index (χ1n) is 9.22. The van der Waals surface area contributed by atoms with E-state index in [1.807, 2.05) is 13.0 Å². The molecule has 0 saturated heterocycles. The number of rotatable bonds is 11. The maximum Gasteiger partial charge on any atom is 0.333 e. The minimum absolute atomic E-state index is 0.103. The second kappa shape index (κ2) is 12.5. The average molecular weight is 404 g/mol. The van der Waals surface area contributed by atoms with Gasteiger partial charge in [-0.3, -0.25) is 4.79 Å². The van der Waals surface area contributed by atoms with Crippen molar-refractivity contribution in [1.82, 2.24) is 0 Å². The molecule has 0 saturated carbocycles. The number of phenols is 2. The lowest BCUT2D eigenvalue weighted by Crippen LogP contribution is -2.08. The number of carbonyl (C=O) groups is 2. The molecule has 0 aliphatic heterocycles. The van der Waals surface area contributed by atoms with Gasteiger partial charge in [0.2, 0.25) is 0 Å². The maximum atomic E-state index is 12.4. The first-order chi connectivity index (χ1) is 13.8. The van der Waals surface area contributed by atoms with E-state index in [0.29, 0.717) is 18.4 Å². The Hall–Kier alpha value is -2.90. The first-order valence-corrected chi connectivity index (χ1v) is 9.22. The molecule has 158 valence electrons. The molecule has 0 aliphatic carbocycles. The number of methoxy groups -OCH3 is 1. The number of benzene rings is 1. The molecule has 0 amide bonds. The van der Waals surface area contributed by atoms with Crippen LogP contribution < -0.4 is 0 Å². The molecule has 0 radical (unpaired) electrons. The molecule has 0 fully saturated rings. The molecule has 0 unspecified atom stereocenters. The maximum absolute atomic E-state index is 12.4. The molecule has 0 bridgehead atoms. The Labute approximate surface area is 170 Å². The van der Waals surface area contributed by atoms with E-state index in [-0.39, 0.29) is 42.3 Å². The molecule has 7 nitrogen and oxygen atoms in total. The molecule has 0 heterocycles. The van der Waals surface area contributed by atoms with E-state index in [1.54, 1.807) is 6.08 Å². The van der Waals surface area contributed by atoms with Crippen molar-refractivity contribution in [3.05, 3.63) is 58.7 Å². The van der Waals surface area contributed by atoms with Crippen molar-refractivity contribution in [1.29, 1.82) is 0 Å². The lowest BCUT2D eigenvalue weighted by Gasteiger charge is -2.06. The van der Waals surface area contributed by atoms with Crippen molar-refractivity contribution in [2.24, 2.45) is 0 Å². The molecule has 1 aromatic rings. The fourth-order valence-corrected chi connectivity index (χ4v) is 2.58.